The molecule has 1 heterocycles. The highest BCUT2D eigenvalue weighted by Crippen LogP contribution is 2.13. The minimum atomic E-state index is -1.16. The van der Waals surface area contributed by atoms with E-state index in [0.29, 0.717) is 5.76 Å². The molecule has 0 saturated carbocycles. The van der Waals surface area contributed by atoms with Crippen LogP contribution < -0.4 is 5.32 Å². The standard InChI is InChI=1S/C12H10N2O4/c1-7-6-10(14-18-7)13-11(15)8-4-2-3-5-9(8)12(16)17/h2-6H,1H3,(H,16,17)(H,13,14,15). The minimum Gasteiger partial charge on any atom is -0.478 e. The maximum Gasteiger partial charge on any atom is 0.336 e. The lowest BCUT2D eigenvalue weighted by atomic mass is 10.1. The van der Waals surface area contributed by atoms with E-state index in [2.05, 4.69) is 10.5 Å². The van der Waals surface area contributed by atoms with Gasteiger partial charge in [-0.15, -0.1) is 0 Å². The Kier molecular flexibility index (Phi) is 3.09. The lowest BCUT2D eigenvalue weighted by Crippen LogP contribution is -2.16. The van der Waals surface area contributed by atoms with Gasteiger partial charge in [0.2, 0.25) is 0 Å². The van der Waals surface area contributed by atoms with Gasteiger partial charge in [-0.25, -0.2) is 4.79 Å². The van der Waals surface area contributed by atoms with Gasteiger partial charge >= 0.3 is 5.97 Å². The van der Waals surface area contributed by atoms with Crippen LogP contribution in [0.4, 0.5) is 5.82 Å². The summed E-state index contributed by atoms with van der Waals surface area (Å²) in [7, 11) is 0. The second-order valence-electron chi connectivity index (χ2n) is 3.63. The van der Waals surface area contributed by atoms with Crippen LogP contribution in [-0.4, -0.2) is 22.1 Å². The summed E-state index contributed by atoms with van der Waals surface area (Å²) in [6.07, 6.45) is 0. The highest BCUT2D eigenvalue weighted by Gasteiger charge is 2.16. The smallest absolute Gasteiger partial charge is 0.336 e. The molecule has 2 aromatic rings. The predicted octanol–water partition coefficient (Wildman–Crippen LogP) is 1.93. The van der Waals surface area contributed by atoms with Gasteiger partial charge in [0.15, 0.2) is 5.82 Å². The first-order valence-corrected chi connectivity index (χ1v) is 5.15. The lowest BCUT2D eigenvalue weighted by Gasteiger charge is -2.04. The summed E-state index contributed by atoms with van der Waals surface area (Å²) >= 11 is 0. The Morgan fingerprint density at radius 2 is 1.94 bits per heavy atom. The van der Waals surface area contributed by atoms with Crippen molar-refractivity contribution in [2.45, 2.75) is 6.92 Å². The molecular formula is C12H10N2O4. The monoisotopic (exact) mass is 246 g/mol. The van der Waals surface area contributed by atoms with Crippen molar-refractivity contribution in [1.29, 1.82) is 0 Å². The molecule has 2 N–H and O–H groups in total. The highest BCUT2D eigenvalue weighted by molar-refractivity contribution is 6.10. The molecule has 0 aliphatic heterocycles. The van der Waals surface area contributed by atoms with Crippen LogP contribution in [0.3, 0.4) is 0 Å². The number of benzene rings is 1. The van der Waals surface area contributed by atoms with E-state index >= 15 is 0 Å². The number of nitrogens with zero attached hydrogens (tertiary/aromatic N) is 1. The van der Waals surface area contributed by atoms with E-state index in [-0.39, 0.29) is 16.9 Å². The van der Waals surface area contributed by atoms with Crippen LogP contribution in [0, 0.1) is 6.92 Å². The van der Waals surface area contributed by atoms with Gasteiger partial charge < -0.3 is 14.9 Å². The van der Waals surface area contributed by atoms with Crippen molar-refractivity contribution in [1.82, 2.24) is 5.16 Å². The number of nitrogens with one attached hydrogen (secondary N) is 1. The maximum atomic E-state index is 11.9. The molecule has 0 fully saturated rings. The van der Waals surface area contributed by atoms with E-state index in [4.69, 9.17) is 9.63 Å². The predicted molar refractivity (Wildman–Crippen MR) is 62.6 cm³/mol. The van der Waals surface area contributed by atoms with Gasteiger partial charge in [0.25, 0.3) is 5.91 Å². The molecule has 1 amide bonds. The molecule has 0 unspecified atom stereocenters. The Balaban J connectivity index is 2.26. The Labute approximate surface area is 102 Å². The molecule has 6 heteroatoms. The zero-order valence-corrected chi connectivity index (χ0v) is 9.51. The van der Waals surface area contributed by atoms with Crippen LogP contribution in [0.5, 0.6) is 0 Å². The van der Waals surface area contributed by atoms with E-state index in [1.54, 1.807) is 25.1 Å². The van der Waals surface area contributed by atoms with Crippen molar-refractivity contribution < 1.29 is 19.2 Å². The van der Waals surface area contributed by atoms with Gasteiger partial charge in [-0.2, -0.15) is 0 Å². The fourth-order valence-corrected chi connectivity index (χ4v) is 1.48. The zero-order valence-electron chi connectivity index (χ0n) is 9.51. The third-order valence-electron chi connectivity index (χ3n) is 2.27. The summed E-state index contributed by atoms with van der Waals surface area (Å²) in [5.41, 5.74) is 0.0147. The second-order valence-corrected chi connectivity index (χ2v) is 3.63. The van der Waals surface area contributed by atoms with Crippen molar-refractivity contribution >= 4 is 17.7 Å². The summed E-state index contributed by atoms with van der Waals surface area (Å²) in [4.78, 5) is 22.9. The largest absolute Gasteiger partial charge is 0.478 e. The number of aromatic carboxylic acids is 1. The number of carbonyl (C=O) groups is 2. The lowest BCUT2D eigenvalue weighted by molar-refractivity contribution is 0.0692. The fraction of sp³-hybridized carbons (Fsp3) is 0.0833. The van der Waals surface area contributed by atoms with Crippen LogP contribution >= 0.6 is 0 Å². The number of hydrogen-bond donors (Lipinski definition) is 2. The van der Waals surface area contributed by atoms with E-state index in [1.807, 2.05) is 0 Å². The van der Waals surface area contributed by atoms with Crippen molar-refractivity contribution in [2.75, 3.05) is 5.32 Å². The van der Waals surface area contributed by atoms with Crippen molar-refractivity contribution in [2.24, 2.45) is 0 Å². The summed E-state index contributed by atoms with van der Waals surface area (Å²) < 4.78 is 4.80. The Hall–Kier alpha value is -2.63. The number of amides is 1. The number of hydrogen-bond acceptors (Lipinski definition) is 4. The first-order valence-electron chi connectivity index (χ1n) is 5.15. The number of carbonyl (C=O) groups excluding carboxylic acids is 1. The number of aryl methyl sites for hydroxylation is 1. The average Bonchev–Trinajstić information content (AvgIpc) is 2.74. The van der Waals surface area contributed by atoms with Crippen LogP contribution in [-0.2, 0) is 0 Å². The summed E-state index contributed by atoms with van der Waals surface area (Å²) in [6, 6.07) is 7.49. The Morgan fingerprint density at radius 1 is 1.28 bits per heavy atom. The molecule has 1 aromatic heterocycles. The molecule has 0 spiro atoms. The normalized spacial score (nSPS) is 10.1. The molecule has 6 nitrogen and oxygen atoms in total. The van der Waals surface area contributed by atoms with Gasteiger partial charge in [0.05, 0.1) is 11.1 Å². The quantitative estimate of drug-likeness (QED) is 0.863. The second kappa shape index (κ2) is 4.70. The number of rotatable bonds is 3. The minimum absolute atomic E-state index is 0.0600. The SMILES string of the molecule is Cc1cc(NC(=O)c2ccccc2C(=O)O)no1. The van der Waals surface area contributed by atoms with E-state index in [0.717, 1.165) is 0 Å². The third kappa shape index (κ3) is 2.37. The molecule has 92 valence electrons. The molecule has 0 radical (unpaired) electrons. The first-order chi connectivity index (χ1) is 8.58. The molecule has 0 saturated heterocycles. The average molecular weight is 246 g/mol. The van der Waals surface area contributed by atoms with Gasteiger partial charge in [-0.3, -0.25) is 4.79 Å². The van der Waals surface area contributed by atoms with Gasteiger partial charge in [-0.05, 0) is 19.1 Å². The van der Waals surface area contributed by atoms with E-state index in [9.17, 15) is 9.59 Å². The fourth-order valence-electron chi connectivity index (χ4n) is 1.48. The number of anilines is 1. The molecule has 0 aliphatic rings. The van der Waals surface area contributed by atoms with E-state index in [1.165, 1.54) is 12.1 Å². The van der Waals surface area contributed by atoms with Crippen LogP contribution in [0.15, 0.2) is 34.9 Å². The third-order valence-corrected chi connectivity index (χ3v) is 2.27. The number of aromatic nitrogens is 1. The molecule has 0 bridgehead atoms. The summed E-state index contributed by atoms with van der Waals surface area (Å²) in [5.74, 6) is -0.895. The molecule has 0 atom stereocenters. The number of carboxylic acid groups (broad SMARTS) is 1. The van der Waals surface area contributed by atoms with Crippen LogP contribution in [0.1, 0.15) is 26.5 Å². The van der Waals surface area contributed by atoms with Gasteiger partial charge in [0, 0.05) is 6.07 Å². The Morgan fingerprint density at radius 3 is 2.50 bits per heavy atom. The van der Waals surface area contributed by atoms with Crippen LogP contribution in [0.25, 0.3) is 0 Å². The topological polar surface area (TPSA) is 92.4 Å². The molecular weight excluding hydrogens is 236 g/mol. The molecule has 1 aromatic carbocycles. The van der Waals surface area contributed by atoms with Gasteiger partial charge in [-0.1, -0.05) is 17.3 Å². The molecule has 2 rings (SSSR count). The maximum absolute atomic E-state index is 11.9. The van der Waals surface area contributed by atoms with Crippen molar-refractivity contribution in [3.05, 3.63) is 47.2 Å². The van der Waals surface area contributed by atoms with E-state index < -0.39 is 11.9 Å². The van der Waals surface area contributed by atoms with Crippen LogP contribution in [0.2, 0.25) is 0 Å². The molecule has 0 aliphatic carbocycles. The van der Waals surface area contributed by atoms with Gasteiger partial charge in [0.1, 0.15) is 5.76 Å². The Bertz CT molecular complexity index is 604. The van der Waals surface area contributed by atoms with Crippen molar-refractivity contribution in [3.63, 3.8) is 0 Å². The number of carboxylic acids is 1. The highest BCUT2D eigenvalue weighted by atomic mass is 16.5. The van der Waals surface area contributed by atoms with Crippen molar-refractivity contribution in [3.8, 4) is 0 Å². The summed E-state index contributed by atoms with van der Waals surface area (Å²) in [5, 5.41) is 15.0. The first kappa shape index (κ1) is 11.8. The summed E-state index contributed by atoms with van der Waals surface area (Å²) in [6.45, 7) is 1.69. The zero-order chi connectivity index (χ0) is 13.1. The molecule has 18 heavy (non-hydrogen) atoms.